The third-order valence-corrected chi connectivity index (χ3v) is 7.42. The van der Waals surface area contributed by atoms with E-state index in [1.807, 2.05) is 0 Å². The highest BCUT2D eigenvalue weighted by atomic mass is 16.5. The van der Waals surface area contributed by atoms with Crippen LogP contribution in [0.4, 0.5) is 0 Å². The predicted molar refractivity (Wildman–Crippen MR) is 172 cm³/mol. The van der Waals surface area contributed by atoms with Crippen molar-refractivity contribution < 1.29 is 14.6 Å². The first-order valence-electron chi connectivity index (χ1n) is 17.0. The summed E-state index contributed by atoms with van der Waals surface area (Å²) in [4.78, 5) is 11.5. The van der Waals surface area contributed by atoms with Crippen LogP contribution in [0.25, 0.3) is 0 Å². The second kappa shape index (κ2) is 32.9. The molecule has 0 aromatic heterocycles. The van der Waals surface area contributed by atoms with Gasteiger partial charge in [-0.05, 0) is 70.6 Å². The average Bonchev–Trinajstić information content (AvgIpc) is 2.93. The van der Waals surface area contributed by atoms with E-state index in [-0.39, 0.29) is 0 Å². The lowest BCUT2D eigenvalue weighted by Gasteiger charge is -2.13. The summed E-state index contributed by atoms with van der Waals surface area (Å²) < 4.78 is 5.71. The number of allylic oxidation sites excluding steroid dienone is 6. The molecule has 0 saturated heterocycles. The van der Waals surface area contributed by atoms with Crippen LogP contribution in [0.3, 0.4) is 0 Å². The number of rotatable bonds is 31. The largest absolute Gasteiger partial charge is 0.479 e. The minimum Gasteiger partial charge on any atom is -0.479 e. The van der Waals surface area contributed by atoms with Crippen LogP contribution in [0, 0.1) is 0 Å². The highest BCUT2D eigenvalue weighted by molar-refractivity contribution is 5.72. The Morgan fingerprint density at radius 2 is 0.923 bits per heavy atom. The van der Waals surface area contributed by atoms with Gasteiger partial charge in [0.1, 0.15) is 0 Å². The summed E-state index contributed by atoms with van der Waals surface area (Å²) in [5.74, 6) is -0.798. The molecule has 1 N–H and O–H groups in total. The molecule has 39 heavy (non-hydrogen) atoms. The molecule has 0 aliphatic carbocycles. The number of aliphatic carboxylic acids is 1. The molecule has 1 atom stereocenters. The van der Waals surface area contributed by atoms with Gasteiger partial charge >= 0.3 is 5.97 Å². The van der Waals surface area contributed by atoms with E-state index in [4.69, 9.17) is 4.74 Å². The lowest BCUT2D eigenvalue weighted by atomic mass is 10.1. The molecule has 0 bridgehead atoms. The van der Waals surface area contributed by atoms with E-state index in [2.05, 4.69) is 50.3 Å². The van der Waals surface area contributed by atoms with Gasteiger partial charge in [-0.1, -0.05) is 140 Å². The van der Waals surface area contributed by atoms with Gasteiger partial charge in [0.2, 0.25) is 0 Å². The summed E-state index contributed by atoms with van der Waals surface area (Å²) in [5, 5.41) is 9.47. The highest BCUT2D eigenvalue weighted by Gasteiger charge is 2.16. The molecule has 228 valence electrons. The molecular formula is C36H66O3. The monoisotopic (exact) mass is 547 g/mol. The second-order valence-electron chi connectivity index (χ2n) is 11.3. The molecule has 0 saturated carbocycles. The van der Waals surface area contributed by atoms with Crippen molar-refractivity contribution in [1.82, 2.24) is 0 Å². The van der Waals surface area contributed by atoms with E-state index < -0.39 is 12.1 Å². The SMILES string of the molecule is CCCCC/C=C\C/C=C\CCCCCCCCOC(CCCCCC/C=C\CCCCCCCC)C(=O)O. The van der Waals surface area contributed by atoms with E-state index in [0.717, 1.165) is 38.5 Å². The number of hydrogen-bond acceptors (Lipinski definition) is 2. The molecule has 0 heterocycles. The van der Waals surface area contributed by atoms with E-state index in [1.165, 1.54) is 116 Å². The maximum absolute atomic E-state index is 11.5. The van der Waals surface area contributed by atoms with E-state index in [9.17, 15) is 9.90 Å². The Morgan fingerprint density at radius 1 is 0.538 bits per heavy atom. The maximum Gasteiger partial charge on any atom is 0.332 e. The van der Waals surface area contributed by atoms with Crippen LogP contribution in [0.2, 0.25) is 0 Å². The van der Waals surface area contributed by atoms with E-state index in [1.54, 1.807) is 0 Å². The van der Waals surface area contributed by atoms with Crippen molar-refractivity contribution in [2.24, 2.45) is 0 Å². The van der Waals surface area contributed by atoms with Crippen LogP contribution < -0.4 is 0 Å². The topological polar surface area (TPSA) is 46.5 Å². The molecule has 0 radical (unpaired) electrons. The fraction of sp³-hybridized carbons (Fsp3) is 0.806. The fourth-order valence-corrected chi connectivity index (χ4v) is 4.82. The van der Waals surface area contributed by atoms with Crippen molar-refractivity contribution in [3.05, 3.63) is 36.5 Å². The fourth-order valence-electron chi connectivity index (χ4n) is 4.82. The minimum absolute atomic E-state index is 0.578. The van der Waals surface area contributed by atoms with Crippen molar-refractivity contribution in [2.75, 3.05) is 6.61 Å². The zero-order chi connectivity index (χ0) is 28.5. The van der Waals surface area contributed by atoms with E-state index >= 15 is 0 Å². The number of carboxylic acid groups (broad SMARTS) is 1. The Bertz CT molecular complexity index is 578. The molecule has 0 amide bonds. The molecule has 0 aliphatic heterocycles. The zero-order valence-corrected chi connectivity index (χ0v) is 26.2. The molecule has 0 aromatic carbocycles. The van der Waals surface area contributed by atoms with Crippen LogP contribution >= 0.6 is 0 Å². The molecule has 3 heteroatoms. The summed E-state index contributed by atoms with van der Waals surface area (Å²) in [6, 6.07) is 0. The predicted octanol–water partition coefficient (Wildman–Crippen LogP) is 11.9. The van der Waals surface area contributed by atoms with Gasteiger partial charge in [0.25, 0.3) is 0 Å². The first kappa shape index (κ1) is 37.6. The zero-order valence-electron chi connectivity index (χ0n) is 26.2. The number of hydrogen-bond donors (Lipinski definition) is 1. The Kier molecular flexibility index (Phi) is 31.7. The number of unbranched alkanes of at least 4 members (excludes halogenated alkanes) is 19. The highest BCUT2D eigenvalue weighted by Crippen LogP contribution is 2.13. The van der Waals surface area contributed by atoms with Gasteiger partial charge in [-0.25, -0.2) is 4.79 Å². The smallest absolute Gasteiger partial charge is 0.332 e. The molecule has 3 nitrogen and oxygen atoms in total. The van der Waals surface area contributed by atoms with Crippen LogP contribution in [0.15, 0.2) is 36.5 Å². The standard InChI is InChI=1S/C36H66O3/c1-3-5-7-9-11-13-15-17-19-20-22-24-26-28-30-32-34-39-35(36(37)38)33-31-29-27-25-23-21-18-16-14-12-10-8-6-4-2/h11,13,17-19,21,35H,3-10,12,14-16,20,22-34H2,1-2H3,(H,37,38)/b13-11-,19-17-,21-18-. The summed E-state index contributed by atoms with van der Waals surface area (Å²) in [6.07, 6.45) is 43.5. The Labute approximate surface area is 244 Å². The van der Waals surface area contributed by atoms with Crippen LogP contribution in [-0.2, 0) is 9.53 Å². The van der Waals surface area contributed by atoms with E-state index in [0.29, 0.717) is 13.0 Å². The average molecular weight is 547 g/mol. The quantitative estimate of drug-likeness (QED) is 0.0694. The Morgan fingerprint density at radius 3 is 1.44 bits per heavy atom. The first-order chi connectivity index (χ1) is 19.2. The molecule has 1 unspecified atom stereocenters. The van der Waals surface area contributed by atoms with Crippen molar-refractivity contribution in [1.29, 1.82) is 0 Å². The van der Waals surface area contributed by atoms with Gasteiger partial charge in [0.15, 0.2) is 6.10 Å². The normalized spacial score (nSPS) is 12.9. The Hall–Kier alpha value is -1.35. The van der Waals surface area contributed by atoms with Crippen molar-refractivity contribution in [3.63, 3.8) is 0 Å². The molecule has 0 aromatic rings. The lowest BCUT2D eigenvalue weighted by Crippen LogP contribution is -2.24. The van der Waals surface area contributed by atoms with Gasteiger partial charge in [0.05, 0.1) is 0 Å². The number of carboxylic acids is 1. The number of ether oxygens (including phenoxy) is 1. The lowest BCUT2D eigenvalue weighted by molar-refractivity contribution is -0.151. The first-order valence-corrected chi connectivity index (χ1v) is 17.0. The van der Waals surface area contributed by atoms with Crippen LogP contribution in [-0.4, -0.2) is 23.8 Å². The van der Waals surface area contributed by atoms with Gasteiger partial charge in [-0.3, -0.25) is 0 Å². The summed E-state index contributed by atoms with van der Waals surface area (Å²) >= 11 is 0. The third kappa shape index (κ3) is 31.0. The molecule has 0 aliphatic rings. The minimum atomic E-state index is -0.798. The molecule has 0 fully saturated rings. The Balaban J connectivity index is 3.51. The van der Waals surface area contributed by atoms with Crippen LogP contribution in [0.1, 0.15) is 174 Å². The van der Waals surface area contributed by atoms with Crippen molar-refractivity contribution in [3.8, 4) is 0 Å². The summed E-state index contributed by atoms with van der Waals surface area (Å²) in [5.41, 5.74) is 0. The maximum atomic E-state index is 11.5. The molecule has 0 rings (SSSR count). The van der Waals surface area contributed by atoms with Gasteiger partial charge in [-0.2, -0.15) is 0 Å². The second-order valence-corrected chi connectivity index (χ2v) is 11.3. The van der Waals surface area contributed by atoms with Gasteiger partial charge < -0.3 is 9.84 Å². The van der Waals surface area contributed by atoms with Gasteiger partial charge in [0, 0.05) is 6.61 Å². The van der Waals surface area contributed by atoms with Crippen molar-refractivity contribution >= 4 is 5.97 Å². The number of carbonyl (C=O) groups is 1. The third-order valence-electron chi connectivity index (χ3n) is 7.42. The summed E-state index contributed by atoms with van der Waals surface area (Å²) in [6.45, 7) is 5.09. The van der Waals surface area contributed by atoms with Crippen molar-refractivity contribution in [2.45, 2.75) is 180 Å². The van der Waals surface area contributed by atoms with Crippen LogP contribution in [0.5, 0.6) is 0 Å². The molecule has 0 spiro atoms. The molecular weight excluding hydrogens is 480 g/mol. The summed E-state index contributed by atoms with van der Waals surface area (Å²) in [7, 11) is 0. The van der Waals surface area contributed by atoms with Gasteiger partial charge in [-0.15, -0.1) is 0 Å².